The Bertz CT molecular complexity index is 422. The molecule has 1 saturated heterocycles. The second-order valence-electron chi connectivity index (χ2n) is 4.98. The van der Waals surface area contributed by atoms with Crippen LogP contribution in [0.4, 0.5) is 0 Å². The van der Waals surface area contributed by atoms with Gasteiger partial charge in [0, 0.05) is 19.6 Å². The van der Waals surface area contributed by atoms with Crippen LogP contribution in [0.3, 0.4) is 0 Å². The molecule has 1 unspecified atom stereocenters. The molecule has 0 saturated carbocycles. The Kier molecular flexibility index (Phi) is 5.16. The average molecular weight is 258 g/mol. The van der Waals surface area contributed by atoms with Crippen LogP contribution >= 0.6 is 0 Å². The van der Waals surface area contributed by atoms with Crippen LogP contribution in [0.1, 0.15) is 25.3 Å². The number of amides is 1. The Morgan fingerprint density at radius 3 is 2.68 bits per heavy atom. The fraction of sp³-hybridized carbons (Fsp3) is 0.438. The second kappa shape index (κ2) is 7.10. The zero-order valence-electron chi connectivity index (χ0n) is 11.5. The van der Waals surface area contributed by atoms with E-state index in [2.05, 4.69) is 29.6 Å². The molecule has 1 amide bonds. The van der Waals surface area contributed by atoms with Crippen molar-refractivity contribution in [2.75, 3.05) is 19.6 Å². The number of nitrogens with zero attached hydrogens (tertiary/aromatic N) is 1. The van der Waals surface area contributed by atoms with E-state index in [1.54, 1.807) is 0 Å². The zero-order valence-corrected chi connectivity index (χ0v) is 11.5. The van der Waals surface area contributed by atoms with Gasteiger partial charge in [-0.2, -0.15) is 0 Å². The van der Waals surface area contributed by atoms with Gasteiger partial charge in [-0.25, -0.2) is 0 Å². The van der Waals surface area contributed by atoms with Crippen LogP contribution in [0.15, 0.2) is 36.4 Å². The van der Waals surface area contributed by atoms with Gasteiger partial charge >= 0.3 is 0 Å². The van der Waals surface area contributed by atoms with Crippen molar-refractivity contribution in [3.05, 3.63) is 42.0 Å². The molecule has 1 N–H and O–H groups in total. The third-order valence-electron chi connectivity index (χ3n) is 3.44. The lowest BCUT2D eigenvalue weighted by Gasteiger charge is -2.20. The van der Waals surface area contributed by atoms with Gasteiger partial charge in [-0.3, -0.25) is 4.79 Å². The van der Waals surface area contributed by atoms with E-state index in [-0.39, 0.29) is 11.9 Å². The van der Waals surface area contributed by atoms with Crippen LogP contribution in [-0.2, 0) is 4.79 Å². The van der Waals surface area contributed by atoms with Crippen molar-refractivity contribution in [1.29, 1.82) is 0 Å². The number of hydrogen-bond acceptors (Lipinski definition) is 2. The number of rotatable bonds is 5. The third kappa shape index (κ3) is 4.21. The highest BCUT2D eigenvalue weighted by Gasteiger charge is 2.22. The first kappa shape index (κ1) is 13.8. The molecule has 0 aliphatic carbocycles. The molecule has 1 aromatic carbocycles. The summed E-state index contributed by atoms with van der Waals surface area (Å²) < 4.78 is 0. The first-order valence-electron chi connectivity index (χ1n) is 7.01. The van der Waals surface area contributed by atoms with Crippen LogP contribution in [-0.4, -0.2) is 36.5 Å². The van der Waals surface area contributed by atoms with Gasteiger partial charge in [-0.05, 0) is 25.3 Å². The van der Waals surface area contributed by atoms with E-state index in [4.69, 9.17) is 0 Å². The highest BCUT2D eigenvalue weighted by molar-refractivity contribution is 5.81. The molecule has 3 nitrogen and oxygen atoms in total. The van der Waals surface area contributed by atoms with E-state index in [0.717, 1.165) is 32.5 Å². The number of likely N-dealkylation sites (tertiary alicyclic amines) is 1. The van der Waals surface area contributed by atoms with E-state index in [1.165, 1.54) is 5.56 Å². The van der Waals surface area contributed by atoms with Crippen LogP contribution in [0.5, 0.6) is 0 Å². The zero-order chi connectivity index (χ0) is 13.5. The van der Waals surface area contributed by atoms with E-state index < -0.39 is 0 Å². The normalized spacial score (nSPS) is 17.0. The lowest BCUT2D eigenvalue weighted by atomic mass is 10.2. The summed E-state index contributed by atoms with van der Waals surface area (Å²) in [7, 11) is 0. The standard InChI is InChI=1S/C16H22N2O/c1-14(16(19)18-12-5-6-13-18)17-11-7-10-15-8-3-2-4-9-15/h2-4,7-10,14,17H,5-6,11-13H2,1H3/b10-7+. The fourth-order valence-electron chi connectivity index (χ4n) is 2.30. The molecule has 102 valence electrons. The molecule has 1 heterocycles. The first-order valence-corrected chi connectivity index (χ1v) is 7.01. The van der Waals surface area contributed by atoms with Crippen molar-refractivity contribution in [3.63, 3.8) is 0 Å². The summed E-state index contributed by atoms with van der Waals surface area (Å²) in [6.07, 6.45) is 6.42. The number of nitrogens with one attached hydrogen (secondary N) is 1. The molecule has 1 fully saturated rings. The SMILES string of the molecule is CC(NC/C=C/c1ccccc1)C(=O)N1CCCC1. The quantitative estimate of drug-likeness (QED) is 0.879. The summed E-state index contributed by atoms with van der Waals surface area (Å²) >= 11 is 0. The van der Waals surface area contributed by atoms with Crippen LogP contribution in [0, 0.1) is 0 Å². The molecule has 1 aromatic rings. The van der Waals surface area contributed by atoms with Crippen LogP contribution in [0.2, 0.25) is 0 Å². The van der Waals surface area contributed by atoms with Gasteiger partial charge in [0.2, 0.25) is 5.91 Å². The minimum atomic E-state index is -0.0986. The predicted octanol–water partition coefficient (Wildman–Crippen LogP) is 2.30. The highest BCUT2D eigenvalue weighted by atomic mass is 16.2. The second-order valence-corrected chi connectivity index (χ2v) is 4.98. The lowest BCUT2D eigenvalue weighted by Crippen LogP contribution is -2.43. The van der Waals surface area contributed by atoms with Crippen molar-refractivity contribution in [2.24, 2.45) is 0 Å². The van der Waals surface area contributed by atoms with Gasteiger partial charge in [-0.15, -0.1) is 0 Å². The summed E-state index contributed by atoms with van der Waals surface area (Å²) in [6, 6.07) is 10.1. The summed E-state index contributed by atoms with van der Waals surface area (Å²) in [5.41, 5.74) is 1.18. The Morgan fingerprint density at radius 1 is 1.32 bits per heavy atom. The van der Waals surface area contributed by atoms with Crippen molar-refractivity contribution < 1.29 is 4.79 Å². The molecule has 2 rings (SSSR count). The van der Waals surface area contributed by atoms with E-state index in [0.29, 0.717) is 0 Å². The molecule has 19 heavy (non-hydrogen) atoms. The number of carbonyl (C=O) groups is 1. The predicted molar refractivity (Wildman–Crippen MR) is 78.8 cm³/mol. The van der Waals surface area contributed by atoms with Crippen molar-refractivity contribution >= 4 is 12.0 Å². The Labute approximate surface area is 115 Å². The highest BCUT2D eigenvalue weighted by Crippen LogP contribution is 2.08. The minimum Gasteiger partial charge on any atom is -0.341 e. The van der Waals surface area contributed by atoms with Crippen LogP contribution in [0.25, 0.3) is 6.08 Å². The summed E-state index contributed by atoms with van der Waals surface area (Å²) in [5.74, 6) is 0.227. The van der Waals surface area contributed by atoms with E-state index in [9.17, 15) is 4.79 Å². The molecule has 3 heteroatoms. The van der Waals surface area contributed by atoms with Crippen molar-refractivity contribution in [2.45, 2.75) is 25.8 Å². The van der Waals surface area contributed by atoms with Gasteiger partial charge in [0.1, 0.15) is 0 Å². The van der Waals surface area contributed by atoms with Crippen LogP contribution < -0.4 is 5.32 Å². The van der Waals surface area contributed by atoms with Gasteiger partial charge in [0.05, 0.1) is 6.04 Å². The Morgan fingerprint density at radius 2 is 2.00 bits per heavy atom. The topological polar surface area (TPSA) is 32.3 Å². The largest absolute Gasteiger partial charge is 0.341 e. The molecule has 1 aliphatic rings. The van der Waals surface area contributed by atoms with Crippen molar-refractivity contribution in [3.8, 4) is 0 Å². The van der Waals surface area contributed by atoms with E-state index >= 15 is 0 Å². The molecular weight excluding hydrogens is 236 g/mol. The number of benzene rings is 1. The number of hydrogen-bond donors (Lipinski definition) is 1. The third-order valence-corrected chi connectivity index (χ3v) is 3.44. The van der Waals surface area contributed by atoms with Gasteiger partial charge in [-0.1, -0.05) is 42.5 Å². The van der Waals surface area contributed by atoms with Crippen molar-refractivity contribution in [1.82, 2.24) is 10.2 Å². The summed E-state index contributed by atoms with van der Waals surface area (Å²) in [5, 5.41) is 3.25. The minimum absolute atomic E-state index is 0.0986. The monoisotopic (exact) mass is 258 g/mol. The first-order chi connectivity index (χ1) is 9.27. The average Bonchev–Trinajstić information content (AvgIpc) is 2.98. The smallest absolute Gasteiger partial charge is 0.239 e. The Balaban J connectivity index is 1.73. The van der Waals surface area contributed by atoms with Gasteiger partial charge in [0.25, 0.3) is 0 Å². The number of carbonyl (C=O) groups excluding carboxylic acids is 1. The molecule has 0 bridgehead atoms. The van der Waals surface area contributed by atoms with Gasteiger partial charge < -0.3 is 10.2 Å². The maximum atomic E-state index is 12.0. The molecule has 0 radical (unpaired) electrons. The molecule has 0 aromatic heterocycles. The van der Waals surface area contributed by atoms with Gasteiger partial charge in [0.15, 0.2) is 0 Å². The summed E-state index contributed by atoms with van der Waals surface area (Å²) in [4.78, 5) is 14.0. The molecular formula is C16H22N2O. The molecule has 1 aliphatic heterocycles. The Hall–Kier alpha value is -1.61. The molecule has 1 atom stereocenters. The lowest BCUT2D eigenvalue weighted by molar-refractivity contribution is -0.131. The summed E-state index contributed by atoms with van der Waals surface area (Å²) in [6.45, 7) is 4.50. The van der Waals surface area contributed by atoms with E-state index in [1.807, 2.05) is 30.0 Å². The fourth-order valence-corrected chi connectivity index (χ4v) is 2.30. The maximum Gasteiger partial charge on any atom is 0.239 e. The molecule has 0 spiro atoms. The maximum absolute atomic E-state index is 12.0.